The number of ether oxygens (including phenoxy) is 2. The van der Waals surface area contributed by atoms with Crippen LogP contribution in [-0.4, -0.2) is 38.2 Å². The van der Waals surface area contributed by atoms with Crippen LogP contribution in [0.25, 0.3) is 0 Å². The molecule has 14 heavy (non-hydrogen) atoms. The summed E-state index contributed by atoms with van der Waals surface area (Å²) in [6, 6.07) is -0.394. The first-order chi connectivity index (χ1) is 6.61. The third-order valence-corrected chi connectivity index (χ3v) is 1.64. The normalized spacial score (nSPS) is 11.9. The van der Waals surface area contributed by atoms with E-state index in [2.05, 4.69) is 10.1 Å². The van der Waals surface area contributed by atoms with Crippen molar-refractivity contribution in [3.05, 3.63) is 0 Å². The maximum atomic E-state index is 10.9. The van der Waals surface area contributed by atoms with E-state index in [0.717, 1.165) is 0 Å². The zero-order valence-corrected chi connectivity index (χ0v) is 8.83. The highest BCUT2D eigenvalue weighted by atomic mass is 16.5. The van der Waals surface area contributed by atoms with Gasteiger partial charge in [-0.05, 0) is 13.8 Å². The lowest BCUT2D eigenvalue weighted by Crippen LogP contribution is -2.36. The Hall–Kier alpha value is -1.10. The molecule has 0 aliphatic heterocycles. The van der Waals surface area contributed by atoms with E-state index in [-0.39, 0.29) is 18.4 Å². The van der Waals surface area contributed by atoms with Crippen LogP contribution in [0, 0.1) is 0 Å². The monoisotopic (exact) mass is 203 g/mol. The lowest BCUT2D eigenvalue weighted by Gasteiger charge is -2.10. The topological polar surface area (TPSA) is 64.6 Å². The molecule has 0 aromatic rings. The van der Waals surface area contributed by atoms with E-state index in [0.29, 0.717) is 13.2 Å². The first kappa shape index (κ1) is 12.9. The molecule has 0 heterocycles. The molecule has 1 N–H and O–H groups in total. The van der Waals surface area contributed by atoms with Gasteiger partial charge in [0.15, 0.2) is 0 Å². The summed E-state index contributed by atoms with van der Waals surface area (Å²) in [4.78, 5) is 21.8. The Bertz CT molecular complexity index is 193. The minimum atomic E-state index is -0.394. The van der Waals surface area contributed by atoms with Crippen LogP contribution in [0.1, 0.15) is 20.3 Å². The molecule has 0 fully saturated rings. The Morgan fingerprint density at radius 1 is 1.43 bits per heavy atom. The van der Waals surface area contributed by atoms with E-state index in [1.54, 1.807) is 13.8 Å². The number of esters is 2. The largest absolute Gasteiger partial charge is 0.468 e. The molecule has 0 amide bonds. The van der Waals surface area contributed by atoms with Gasteiger partial charge in [0.2, 0.25) is 0 Å². The van der Waals surface area contributed by atoms with Crippen LogP contribution in [0.15, 0.2) is 0 Å². The Labute approximate surface area is 83.8 Å². The van der Waals surface area contributed by atoms with Gasteiger partial charge >= 0.3 is 11.9 Å². The van der Waals surface area contributed by atoms with E-state index in [9.17, 15) is 9.59 Å². The number of hydrogen-bond acceptors (Lipinski definition) is 5. The number of nitrogens with one attached hydrogen (secondary N) is 1. The Morgan fingerprint density at radius 2 is 2.07 bits per heavy atom. The fraction of sp³-hybridized carbons (Fsp3) is 0.778. The lowest BCUT2D eigenvalue weighted by molar-refractivity contribution is -0.145. The minimum absolute atomic E-state index is 0.259. The van der Waals surface area contributed by atoms with Gasteiger partial charge in [-0.15, -0.1) is 0 Å². The molecule has 0 aromatic heterocycles. The predicted molar refractivity (Wildman–Crippen MR) is 50.7 cm³/mol. The molecule has 1 unspecified atom stereocenters. The van der Waals surface area contributed by atoms with Crippen LogP contribution in [0.4, 0.5) is 0 Å². The molecular weight excluding hydrogens is 186 g/mol. The average Bonchev–Trinajstić information content (AvgIpc) is 2.16. The summed E-state index contributed by atoms with van der Waals surface area (Å²) >= 11 is 0. The molecule has 0 rings (SSSR count). The maximum Gasteiger partial charge on any atom is 0.322 e. The zero-order valence-electron chi connectivity index (χ0n) is 8.83. The van der Waals surface area contributed by atoms with Crippen molar-refractivity contribution < 1.29 is 19.1 Å². The Balaban J connectivity index is 3.53. The highest BCUT2D eigenvalue weighted by Gasteiger charge is 2.12. The van der Waals surface area contributed by atoms with Crippen molar-refractivity contribution >= 4 is 11.9 Å². The summed E-state index contributed by atoms with van der Waals surface area (Å²) in [6.45, 7) is 4.22. The molecule has 0 spiro atoms. The van der Waals surface area contributed by atoms with E-state index in [1.807, 2.05) is 0 Å². The molecule has 5 nitrogen and oxygen atoms in total. The van der Waals surface area contributed by atoms with Crippen molar-refractivity contribution in [3.8, 4) is 0 Å². The third-order valence-electron chi connectivity index (χ3n) is 1.64. The van der Waals surface area contributed by atoms with Crippen LogP contribution < -0.4 is 5.32 Å². The summed E-state index contributed by atoms with van der Waals surface area (Å²) in [6.07, 6.45) is 0.259. The van der Waals surface area contributed by atoms with Crippen molar-refractivity contribution in [1.29, 1.82) is 0 Å². The van der Waals surface area contributed by atoms with Gasteiger partial charge < -0.3 is 14.8 Å². The molecule has 1 atom stereocenters. The van der Waals surface area contributed by atoms with E-state index < -0.39 is 6.04 Å². The second-order valence-electron chi connectivity index (χ2n) is 2.75. The first-order valence-electron chi connectivity index (χ1n) is 4.58. The van der Waals surface area contributed by atoms with Gasteiger partial charge in [0.1, 0.15) is 6.04 Å². The van der Waals surface area contributed by atoms with Crippen LogP contribution >= 0.6 is 0 Å². The molecule has 82 valence electrons. The van der Waals surface area contributed by atoms with Crippen LogP contribution in [-0.2, 0) is 19.1 Å². The lowest BCUT2D eigenvalue weighted by atomic mass is 10.3. The number of methoxy groups -OCH3 is 1. The van der Waals surface area contributed by atoms with Crippen LogP contribution in [0.5, 0.6) is 0 Å². The molecule has 0 saturated heterocycles. The van der Waals surface area contributed by atoms with Crippen LogP contribution in [0.3, 0.4) is 0 Å². The standard InChI is InChI=1S/C9H17NO4/c1-4-14-8(11)5-6-10-7(2)9(12)13-3/h7,10H,4-6H2,1-3H3. The fourth-order valence-corrected chi connectivity index (χ4v) is 0.884. The minimum Gasteiger partial charge on any atom is -0.468 e. The molecule has 0 aromatic carbocycles. The molecule has 0 aliphatic rings. The third kappa shape index (κ3) is 5.53. The molecule has 0 aliphatic carbocycles. The molecule has 0 bridgehead atoms. The number of carbonyl (C=O) groups is 2. The van der Waals surface area contributed by atoms with E-state index >= 15 is 0 Å². The molecule has 0 radical (unpaired) electrons. The first-order valence-corrected chi connectivity index (χ1v) is 4.58. The van der Waals surface area contributed by atoms with Gasteiger partial charge in [-0.1, -0.05) is 0 Å². The van der Waals surface area contributed by atoms with Gasteiger partial charge in [-0.2, -0.15) is 0 Å². The Kier molecular flexibility index (Phi) is 6.74. The van der Waals surface area contributed by atoms with Gasteiger partial charge in [0.25, 0.3) is 0 Å². The summed E-state index contributed by atoms with van der Waals surface area (Å²) in [5, 5.41) is 2.85. The second-order valence-corrected chi connectivity index (χ2v) is 2.75. The number of hydrogen-bond donors (Lipinski definition) is 1. The maximum absolute atomic E-state index is 10.9. The highest BCUT2D eigenvalue weighted by Crippen LogP contribution is 1.88. The van der Waals surface area contributed by atoms with Crippen molar-refractivity contribution in [2.24, 2.45) is 0 Å². The van der Waals surface area contributed by atoms with Gasteiger partial charge in [0, 0.05) is 6.54 Å². The summed E-state index contributed by atoms with van der Waals surface area (Å²) in [5.41, 5.74) is 0. The average molecular weight is 203 g/mol. The smallest absolute Gasteiger partial charge is 0.322 e. The summed E-state index contributed by atoms with van der Waals surface area (Å²) in [7, 11) is 1.33. The zero-order chi connectivity index (χ0) is 11.0. The van der Waals surface area contributed by atoms with Crippen molar-refractivity contribution in [1.82, 2.24) is 5.32 Å². The predicted octanol–water partition coefficient (Wildman–Crippen LogP) is 0.0907. The summed E-state index contributed by atoms with van der Waals surface area (Å²) in [5.74, 6) is -0.606. The van der Waals surface area contributed by atoms with E-state index in [4.69, 9.17) is 4.74 Å². The van der Waals surface area contributed by atoms with Crippen LogP contribution in [0.2, 0.25) is 0 Å². The Morgan fingerprint density at radius 3 is 2.57 bits per heavy atom. The number of rotatable bonds is 6. The van der Waals surface area contributed by atoms with Gasteiger partial charge in [-0.25, -0.2) is 0 Å². The van der Waals surface area contributed by atoms with Crippen molar-refractivity contribution in [2.75, 3.05) is 20.3 Å². The quantitative estimate of drug-likeness (QED) is 0.620. The van der Waals surface area contributed by atoms with Crippen molar-refractivity contribution in [2.45, 2.75) is 26.3 Å². The summed E-state index contributed by atoms with van der Waals surface area (Å²) < 4.78 is 9.21. The number of carbonyl (C=O) groups excluding carboxylic acids is 2. The fourth-order valence-electron chi connectivity index (χ4n) is 0.884. The second kappa shape index (κ2) is 7.32. The van der Waals surface area contributed by atoms with Gasteiger partial charge in [0.05, 0.1) is 20.1 Å². The molecule has 5 heteroatoms. The SMILES string of the molecule is CCOC(=O)CCNC(C)C(=O)OC. The highest BCUT2D eigenvalue weighted by molar-refractivity contribution is 5.75. The van der Waals surface area contributed by atoms with E-state index in [1.165, 1.54) is 7.11 Å². The van der Waals surface area contributed by atoms with Crippen molar-refractivity contribution in [3.63, 3.8) is 0 Å². The molecule has 0 saturated carbocycles. The molecular formula is C9H17NO4. The van der Waals surface area contributed by atoms with Gasteiger partial charge in [-0.3, -0.25) is 9.59 Å².